The van der Waals surface area contributed by atoms with E-state index in [1.54, 1.807) is 12.3 Å². The number of hydrogen-bond acceptors (Lipinski definition) is 6. The number of nitrogens with one attached hydrogen (secondary N) is 1. The summed E-state index contributed by atoms with van der Waals surface area (Å²) >= 11 is 0. The van der Waals surface area contributed by atoms with Crippen LogP contribution in [0.4, 0.5) is 0 Å². The van der Waals surface area contributed by atoms with Gasteiger partial charge in [0, 0.05) is 18.2 Å². The summed E-state index contributed by atoms with van der Waals surface area (Å²) in [6.07, 6.45) is 1.65. The van der Waals surface area contributed by atoms with Crippen molar-refractivity contribution in [3.63, 3.8) is 0 Å². The van der Waals surface area contributed by atoms with Gasteiger partial charge >= 0.3 is 11.9 Å². The van der Waals surface area contributed by atoms with Gasteiger partial charge < -0.3 is 15.1 Å². The number of rotatable bonds is 6. The van der Waals surface area contributed by atoms with E-state index >= 15 is 0 Å². The monoisotopic (exact) mass is 403 g/mol. The van der Waals surface area contributed by atoms with Gasteiger partial charge in [0.2, 0.25) is 15.9 Å². The zero-order chi connectivity index (χ0) is 21.3. The molecule has 0 aliphatic rings. The zero-order valence-corrected chi connectivity index (χ0v) is 16.5. The number of aromatic nitrogens is 1. The number of carbonyl (C=O) groups is 3. The maximum atomic E-state index is 12.5. The summed E-state index contributed by atoms with van der Waals surface area (Å²) in [6.45, 7) is 5.88. The van der Waals surface area contributed by atoms with Crippen LogP contribution < -0.4 is 4.72 Å². The largest absolute Gasteiger partial charge is 0.473 e. The van der Waals surface area contributed by atoms with Crippen molar-refractivity contribution < 1.29 is 33.0 Å². The molecular formula is C16H25N3O7S. The average Bonchev–Trinajstić information content (AvgIpc) is 2.58. The minimum absolute atomic E-state index is 0.0977. The highest BCUT2D eigenvalue weighted by Gasteiger charge is 2.28. The number of carboxylic acid groups (broad SMARTS) is 2. The topological polar surface area (TPSA) is 154 Å². The second-order valence-corrected chi connectivity index (χ2v) is 8.48. The lowest BCUT2D eigenvalue weighted by atomic mass is 9.94. The minimum atomic E-state index is -3.35. The maximum absolute atomic E-state index is 12.5. The quantitative estimate of drug-likeness (QED) is 0.568. The van der Waals surface area contributed by atoms with Crippen LogP contribution >= 0.6 is 0 Å². The number of carboxylic acids is 2. The highest BCUT2D eigenvalue weighted by atomic mass is 32.2. The van der Waals surface area contributed by atoms with Crippen molar-refractivity contribution in [2.75, 3.05) is 19.3 Å². The average molecular weight is 403 g/mol. The molecule has 0 radical (unpaired) electrons. The molecule has 0 unspecified atom stereocenters. The first-order valence-electron chi connectivity index (χ1n) is 7.87. The van der Waals surface area contributed by atoms with Crippen LogP contribution in [0.5, 0.6) is 0 Å². The van der Waals surface area contributed by atoms with Crippen molar-refractivity contribution in [2.24, 2.45) is 5.41 Å². The van der Waals surface area contributed by atoms with E-state index in [0.29, 0.717) is 6.54 Å². The van der Waals surface area contributed by atoms with E-state index in [2.05, 4.69) is 9.71 Å². The Morgan fingerprint density at radius 2 is 1.70 bits per heavy atom. The summed E-state index contributed by atoms with van der Waals surface area (Å²) < 4.78 is 25.4. The fraction of sp³-hybridized carbons (Fsp3) is 0.500. The van der Waals surface area contributed by atoms with Gasteiger partial charge in [-0.1, -0.05) is 26.8 Å². The van der Waals surface area contributed by atoms with E-state index in [1.165, 1.54) is 11.9 Å². The SMILES string of the molecule is CNS(=O)(=O)CCN(Cc1ccccn1)C(=O)C(C)(C)C.O=C(O)C(=O)O. The molecule has 0 saturated heterocycles. The lowest BCUT2D eigenvalue weighted by Crippen LogP contribution is -2.42. The standard InChI is InChI=1S/C14H23N3O3S.C2H2O4/c1-14(2,3)13(18)17(9-10-21(19,20)15-4)11-12-7-5-6-8-16-12;3-1(4)2(5)6/h5-8,15H,9-11H2,1-4H3;(H,3,4)(H,5,6). The summed E-state index contributed by atoms with van der Waals surface area (Å²) in [6, 6.07) is 5.45. The van der Waals surface area contributed by atoms with Crippen molar-refractivity contribution >= 4 is 27.9 Å². The normalized spacial score (nSPS) is 11.1. The molecule has 3 N–H and O–H groups in total. The molecule has 10 nitrogen and oxygen atoms in total. The molecular weight excluding hydrogens is 378 g/mol. The fourth-order valence-electron chi connectivity index (χ4n) is 1.75. The second-order valence-electron chi connectivity index (χ2n) is 6.43. The maximum Gasteiger partial charge on any atom is 0.414 e. The molecule has 1 aromatic rings. The fourth-order valence-corrected chi connectivity index (χ4v) is 2.41. The molecule has 1 rings (SSSR count). The Balaban J connectivity index is 0.000000972. The van der Waals surface area contributed by atoms with Gasteiger partial charge in [0.1, 0.15) is 0 Å². The smallest absolute Gasteiger partial charge is 0.414 e. The summed E-state index contributed by atoms with van der Waals surface area (Å²) in [5, 5.41) is 14.8. The molecule has 0 atom stereocenters. The molecule has 0 aliphatic heterocycles. The Morgan fingerprint density at radius 1 is 1.15 bits per heavy atom. The Kier molecular flexibility index (Phi) is 9.59. The van der Waals surface area contributed by atoms with E-state index in [0.717, 1.165) is 5.69 Å². The van der Waals surface area contributed by atoms with Gasteiger partial charge in [0.05, 0.1) is 18.0 Å². The number of nitrogens with zero attached hydrogens (tertiary/aromatic N) is 2. The van der Waals surface area contributed by atoms with Gasteiger partial charge in [-0.3, -0.25) is 9.78 Å². The lowest BCUT2D eigenvalue weighted by molar-refractivity contribution is -0.159. The number of hydrogen-bond donors (Lipinski definition) is 3. The Labute approximate surface area is 158 Å². The number of aliphatic carboxylic acids is 2. The van der Waals surface area contributed by atoms with Gasteiger partial charge in [0.25, 0.3) is 0 Å². The van der Waals surface area contributed by atoms with E-state index < -0.39 is 27.4 Å². The zero-order valence-electron chi connectivity index (χ0n) is 15.7. The lowest BCUT2D eigenvalue weighted by Gasteiger charge is -2.29. The molecule has 0 saturated carbocycles. The van der Waals surface area contributed by atoms with Crippen LogP contribution in [0.2, 0.25) is 0 Å². The first-order valence-corrected chi connectivity index (χ1v) is 9.52. The van der Waals surface area contributed by atoms with Crippen molar-refractivity contribution in [3.8, 4) is 0 Å². The van der Waals surface area contributed by atoms with E-state index in [4.69, 9.17) is 19.8 Å². The molecule has 152 valence electrons. The number of sulfonamides is 1. The minimum Gasteiger partial charge on any atom is -0.473 e. The molecule has 0 aromatic carbocycles. The molecule has 11 heteroatoms. The third kappa shape index (κ3) is 10.3. The third-order valence-corrected chi connectivity index (χ3v) is 4.47. The number of pyridine rings is 1. The highest BCUT2D eigenvalue weighted by Crippen LogP contribution is 2.18. The number of carbonyl (C=O) groups excluding carboxylic acids is 1. The van der Waals surface area contributed by atoms with Gasteiger partial charge in [-0.05, 0) is 19.2 Å². The molecule has 0 bridgehead atoms. The van der Waals surface area contributed by atoms with Gasteiger partial charge in [-0.2, -0.15) is 0 Å². The van der Waals surface area contributed by atoms with Crippen LogP contribution in [0, 0.1) is 5.41 Å². The first-order chi connectivity index (χ1) is 12.3. The number of amides is 1. The van der Waals surface area contributed by atoms with E-state index in [9.17, 15) is 13.2 Å². The molecule has 1 heterocycles. The van der Waals surface area contributed by atoms with Crippen LogP contribution in [-0.2, 0) is 31.0 Å². The molecule has 0 aliphatic carbocycles. The Morgan fingerprint density at radius 3 is 2.07 bits per heavy atom. The van der Waals surface area contributed by atoms with Crippen LogP contribution in [-0.4, -0.2) is 65.7 Å². The predicted molar refractivity (Wildman–Crippen MR) is 97.2 cm³/mol. The van der Waals surface area contributed by atoms with E-state index in [1.807, 2.05) is 32.9 Å². The van der Waals surface area contributed by atoms with Crippen LogP contribution in [0.1, 0.15) is 26.5 Å². The molecule has 0 fully saturated rings. The Hall–Kier alpha value is -2.53. The third-order valence-electron chi connectivity index (χ3n) is 3.13. The van der Waals surface area contributed by atoms with Crippen LogP contribution in [0.3, 0.4) is 0 Å². The molecule has 27 heavy (non-hydrogen) atoms. The molecule has 1 aromatic heterocycles. The summed E-state index contributed by atoms with van der Waals surface area (Å²) in [4.78, 5) is 36.4. The molecule has 0 spiro atoms. The Bertz CT molecular complexity index is 731. The van der Waals surface area contributed by atoms with E-state index in [-0.39, 0.29) is 18.2 Å². The van der Waals surface area contributed by atoms with Crippen LogP contribution in [0.25, 0.3) is 0 Å². The van der Waals surface area contributed by atoms with Gasteiger partial charge in [0.15, 0.2) is 0 Å². The van der Waals surface area contributed by atoms with Gasteiger partial charge in [-0.25, -0.2) is 22.7 Å². The van der Waals surface area contributed by atoms with Gasteiger partial charge in [-0.15, -0.1) is 0 Å². The molecule has 1 amide bonds. The highest BCUT2D eigenvalue weighted by molar-refractivity contribution is 7.89. The first kappa shape index (κ1) is 24.5. The summed E-state index contributed by atoms with van der Waals surface area (Å²) in [7, 11) is -1.99. The second kappa shape index (κ2) is 10.6. The van der Waals surface area contributed by atoms with Crippen molar-refractivity contribution in [1.82, 2.24) is 14.6 Å². The van der Waals surface area contributed by atoms with Crippen molar-refractivity contribution in [3.05, 3.63) is 30.1 Å². The predicted octanol–water partition coefficient (Wildman–Crippen LogP) is 0.161. The summed E-state index contributed by atoms with van der Waals surface area (Å²) in [5.41, 5.74) is 0.162. The van der Waals surface area contributed by atoms with Crippen molar-refractivity contribution in [2.45, 2.75) is 27.3 Å². The van der Waals surface area contributed by atoms with Crippen LogP contribution in [0.15, 0.2) is 24.4 Å². The summed E-state index contributed by atoms with van der Waals surface area (Å²) in [5.74, 6) is -3.87. The van der Waals surface area contributed by atoms with Crippen molar-refractivity contribution in [1.29, 1.82) is 0 Å².